The fourth-order valence-corrected chi connectivity index (χ4v) is 2.96. The average molecular weight is 297 g/mol. The van der Waals surface area contributed by atoms with Crippen molar-refractivity contribution < 1.29 is 9.59 Å². The topological polar surface area (TPSA) is 74.8 Å². The quantitative estimate of drug-likeness (QED) is 0.908. The molecule has 2 N–H and O–H groups in total. The number of fused-ring (bicyclic) bond motifs is 1. The first-order valence-electron chi connectivity index (χ1n) is 7.59. The summed E-state index contributed by atoms with van der Waals surface area (Å²) in [5.41, 5.74) is 3.87. The summed E-state index contributed by atoms with van der Waals surface area (Å²) in [5.74, 6) is -0.00230. The second kappa shape index (κ2) is 6.13. The molecule has 2 aromatic heterocycles. The highest BCUT2D eigenvalue weighted by Gasteiger charge is 2.26. The standard InChI is InChI=1S/C17H19N3O2/c1-11-15(13-6-4-7-14(21)16(13)20-11)17(22)19-10-8-12-5-2-3-9-18-12/h2-3,5,9,20H,4,6-8,10H2,1H3,(H,19,22). The van der Waals surface area contributed by atoms with Gasteiger partial charge in [0.1, 0.15) is 0 Å². The SMILES string of the molecule is Cc1[nH]c2c(c1C(=O)NCCc1ccccn1)CCCC2=O. The predicted octanol–water partition coefficient (Wildman–Crippen LogP) is 2.21. The Kier molecular flexibility index (Phi) is 4.04. The van der Waals surface area contributed by atoms with Gasteiger partial charge in [0.15, 0.2) is 5.78 Å². The zero-order valence-electron chi connectivity index (χ0n) is 12.6. The van der Waals surface area contributed by atoms with Gasteiger partial charge >= 0.3 is 0 Å². The highest BCUT2D eigenvalue weighted by molar-refractivity contribution is 6.04. The minimum atomic E-state index is -0.111. The maximum absolute atomic E-state index is 12.4. The number of hydrogen-bond donors (Lipinski definition) is 2. The molecule has 1 amide bonds. The van der Waals surface area contributed by atoms with Crippen LogP contribution in [0.4, 0.5) is 0 Å². The molecule has 0 fully saturated rings. The van der Waals surface area contributed by atoms with Gasteiger partial charge in [0.2, 0.25) is 0 Å². The van der Waals surface area contributed by atoms with E-state index < -0.39 is 0 Å². The zero-order chi connectivity index (χ0) is 15.5. The van der Waals surface area contributed by atoms with Gasteiger partial charge in [0.05, 0.1) is 11.3 Å². The van der Waals surface area contributed by atoms with Crippen molar-refractivity contribution in [3.8, 4) is 0 Å². The van der Waals surface area contributed by atoms with E-state index in [4.69, 9.17) is 0 Å². The van der Waals surface area contributed by atoms with Gasteiger partial charge in [-0.05, 0) is 37.5 Å². The molecule has 0 spiro atoms. The van der Waals surface area contributed by atoms with Crippen molar-refractivity contribution in [1.82, 2.24) is 15.3 Å². The number of amides is 1. The number of rotatable bonds is 4. The Morgan fingerprint density at radius 2 is 2.23 bits per heavy atom. The number of aromatic nitrogens is 2. The van der Waals surface area contributed by atoms with E-state index in [-0.39, 0.29) is 11.7 Å². The van der Waals surface area contributed by atoms with Crippen LogP contribution in [0, 0.1) is 6.92 Å². The third-order valence-electron chi connectivity index (χ3n) is 4.02. The van der Waals surface area contributed by atoms with E-state index in [0.29, 0.717) is 30.6 Å². The number of hydrogen-bond acceptors (Lipinski definition) is 3. The molecule has 2 heterocycles. The van der Waals surface area contributed by atoms with Crippen LogP contribution in [0.3, 0.4) is 0 Å². The first-order chi connectivity index (χ1) is 10.7. The van der Waals surface area contributed by atoms with Crippen molar-refractivity contribution in [2.24, 2.45) is 0 Å². The molecule has 0 aliphatic heterocycles. The number of carbonyl (C=O) groups is 2. The van der Waals surface area contributed by atoms with E-state index in [1.165, 1.54) is 0 Å². The largest absolute Gasteiger partial charge is 0.355 e. The molecule has 1 aliphatic carbocycles. The molecule has 2 aromatic rings. The summed E-state index contributed by atoms with van der Waals surface area (Å²) < 4.78 is 0. The molecule has 0 radical (unpaired) electrons. The van der Waals surface area contributed by atoms with E-state index in [0.717, 1.165) is 29.8 Å². The minimum Gasteiger partial charge on any atom is -0.355 e. The van der Waals surface area contributed by atoms with Gasteiger partial charge in [-0.15, -0.1) is 0 Å². The molecular formula is C17H19N3O2. The van der Waals surface area contributed by atoms with Crippen molar-refractivity contribution in [1.29, 1.82) is 0 Å². The lowest BCUT2D eigenvalue weighted by Gasteiger charge is -2.12. The number of Topliss-reactive ketones (excluding diaryl/α,β-unsaturated/α-hetero) is 1. The number of nitrogens with one attached hydrogen (secondary N) is 2. The lowest BCUT2D eigenvalue weighted by Crippen LogP contribution is -2.27. The molecule has 0 atom stereocenters. The second-order valence-electron chi connectivity index (χ2n) is 5.58. The summed E-state index contributed by atoms with van der Waals surface area (Å²) in [6.45, 7) is 2.38. The van der Waals surface area contributed by atoms with Crippen LogP contribution < -0.4 is 5.32 Å². The van der Waals surface area contributed by atoms with Crippen molar-refractivity contribution in [2.45, 2.75) is 32.6 Å². The number of aromatic amines is 1. The number of pyridine rings is 1. The number of carbonyl (C=O) groups excluding carboxylic acids is 2. The number of aryl methyl sites for hydroxylation is 1. The molecule has 0 saturated carbocycles. The van der Waals surface area contributed by atoms with Crippen LogP contribution in [-0.4, -0.2) is 28.2 Å². The lowest BCUT2D eigenvalue weighted by atomic mass is 9.93. The molecule has 22 heavy (non-hydrogen) atoms. The number of nitrogens with zero attached hydrogens (tertiary/aromatic N) is 1. The van der Waals surface area contributed by atoms with Crippen LogP contribution in [0.2, 0.25) is 0 Å². The summed E-state index contributed by atoms with van der Waals surface area (Å²) in [5, 5.41) is 2.93. The average Bonchev–Trinajstić information content (AvgIpc) is 2.86. The summed E-state index contributed by atoms with van der Waals surface area (Å²) >= 11 is 0. The van der Waals surface area contributed by atoms with Gasteiger partial charge in [-0.3, -0.25) is 14.6 Å². The van der Waals surface area contributed by atoms with E-state index in [9.17, 15) is 9.59 Å². The zero-order valence-corrected chi connectivity index (χ0v) is 12.6. The fraction of sp³-hybridized carbons (Fsp3) is 0.353. The van der Waals surface area contributed by atoms with Crippen LogP contribution in [0.15, 0.2) is 24.4 Å². The molecule has 0 aromatic carbocycles. The smallest absolute Gasteiger partial charge is 0.253 e. The van der Waals surface area contributed by atoms with Crippen molar-refractivity contribution >= 4 is 11.7 Å². The third-order valence-corrected chi connectivity index (χ3v) is 4.02. The minimum absolute atomic E-state index is 0.108. The summed E-state index contributed by atoms with van der Waals surface area (Å²) in [6.07, 6.45) is 4.60. The molecule has 114 valence electrons. The molecule has 0 saturated heterocycles. The van der Waals surface area contributed by atoms with E-state index in [1.807, 2.05) is 25.1 Å². The Morgan fingerprint density at radius 1 is 1.36 bits per heavy atom. The molecule has 5 nitrogen and oxygen atoms in total. The van der Waals surface area contributed by atoms with Gasteiger partial charge in [0.25, 0.3) is 5.91 Å². The molecule has 0 bridgehead atoms. The van der Waals surface area contributed by atoms with Gasteiger partial charge in [-0.2, -0.15) is 0 Å². The first kappa shape index (κ1) is 14.5. The maximum atomic E-state index is 12.4. The summed E-state index contributed by atoms with van der Waals surface area (Å²) in [4.78, 5) is 31.6. The van der Waals surface area contributed by atoms with Crippen molar-refractivity contribution in [3.05, 3.63) is 52.6 Å². The maximum Gasteiger partial charge on any atom is 0.253 e. The molecule has 3 rings (SSSR count). The molecule has 5 heteroatoms. The highest BCUT2D eigenvalue weighted by atomic mass is 16.1. The van der Waals surface area contributed by atoms with E-state index in [1.54, 1.807) is 6.20 Å². The third kappa shape index (κ3) is 2.79. The van der Waals surface area contributed by atoms with Gasteiger partial charge in [-0.25, -0.2) is 0 Å². The van der Waals surface area contributed by atoms with E-state index in [2.05, 4.69) is 15.3 Å². The van der Waals surface area contributed by atoms with Crippen LogP contribution in [0.25, 0.3) is 0 Å². The van der Waals surface area contributed by atoms with Crippen molar-refractivity contribution in [2.75, 3.05) is 6.54 Å². The first-order valence-corrected chi connectivity index (χ1v) is 7.59. The molecule has 1 aliphatic rings. The Balaban J connectivity index is 1.69. The Bertz CT molecular complexity index is 704. The normalized spacial score (nSPS) is 13.8. The van der Waals surface area contributed by atoms with Crippen LogP contribution in [0.1, 0.15) is 50.6 Å². The van der Waals surface area contributed by atoms with Crippen LogP contribution in [0.5, 0.6) is 0 Å². The van der Waals surface area contributed by atoms with Gasteiger partial charge in [0, 0.05) is 37.0 Å². The van der Waals surface area contributed by atoms with Gasteiger partial charge < -0.3 is 10.3 Å². The predicted molar refractivity (Wildman–Crippen MR) is 83.1 cm³/mol. The van der Waals surface area contributed by atoms with E-state index >= 15 is 0 Å². The Morgan fingerprint density at radius 3 is 3.00 bits per heavy atom. The second-order valence-corrected chi connectivity index (χ2v) is 5.58. The van der Waals surface area contributed by atoms with Crippen LogP contribution >= 0.6 is 0 Å². The monoisotopic (exact) mass is 297 g/mol. The summed E-state index contributed by atoms with van der Waals surface area (Å²) in [6, 6.07) is 5.74. The molecular weight excluding hydrogens is 278 g/mol. The van der Waals surface area contributed by atoms with Crippen molar-refractivity contribution in [3.63, 3.8) is 0 Å². The highest BCUT2D eigenvalue weighted by Crippen LogP contribution is 2.26. The summed E-state index contributed by atoms with van der Waals surface area (Å²) in [7, 11) is 0. The Hall–Kier alpha value is -2.43. The van der Waals surface area contributed by atoms with Crippen LogP contribution in [-0.2, 0) is 12.8 Å². The van der Waals surface area contributed by atoms with Gasteiger partial charge in [-0.1, -0.05) is 6.07 Å². The number of H-pyrrole nitrogens is 1. The Labute approximate surface area is 129 Å². The number of ketones is 1. The lowest BCUT2D eigenvalue weighted by molar-refractivity contribution is 0.0952. The molecule has 0 unspecified atom stereocenters. The fourth-order valence-electron chi connectivity index (χ4n) is 2.96.